The van der Waals surface area contributed by atoms with E-state index >= 15 is 0 Å². The van der Waals surface area contributed by atoms with Gasteiger partial charge in [0.2, 0.25) is 0 Å². The molecule has 0 fully saturated rings. The fraction of sp³-hybridized carbons (Fsp3) is 0.385. The quantitative estimate of drug-likeness (QED) is 0.626. The number of benzene rings is 1. The van der Waals surface area contributed by atoms with Gasteiger partial charge in [0.25, 0.3) is 0 Å². The zero-order valence-electron chi connectivity index (χ0n) is 11.4. The largest absolute Gasteiger partial charge is 0.348 e. The van der Waals surface area contributed by atoms with Crippen molar-refractivity contribution in [1.29, 1.82) is 0 Å². The highest BCUT2D eigenvalue weighted by atomic mass is 19.1. The molecule has 2 N–H and O–H groups in total. The van der Waals surface area contributed by atoms with Gasteiger partial charge in [-0.3, -0.25) is 9.59 Å². The third-order valence-electron chi connectivity index (χ3n) is 2.45. The van der Waals surface area contributed by atoms with E-state index in [1.807, 2.05) is 19.0 Å². The number of amides is 2. The molecule has 110 valence electrons. The first-order chi connectivity index (χ1) is 9.40. The van der Waals surface area contributed by atoms with Gasteiger partial charge in [-0.1, -0.05) is 0 Å². The molecule has 0 aromatic heterocycles. The van der Waals surface area contributed by atoms with Crippen molar-refractivity contribution >= 4 is 17.5 Å². The first-order valence-corrected chi connectivity index (χ1v) is 6.09. The van der Waals surface area contributed by atoms with Gasteiger partial charge in [0, 0.05) is 12.6 Å². The lowest BCUT2D eigenvalue weighted by Crippen LogP contribution is -2.36. The Morgan fingerprint density at radius 1 is 1.20 bits per heavy atom. The molecule has 0 spiro atoms. The standard InChI is InChI=1S/C13H17F2N3O2/c1-18(2)7-3-6-16-12(19)13(20)17-11-5-4-9(14)8-10(11)15/h4-5,8H,3,6-7H2,1-2H3,(H,16,19)(H,17,20). The van der Waals surface area contributed by atoms with Crippen molar-refractivity contribution in [3.63, 3.8) is 0 Å². The van der Waals surface area contributed by atoms with Gasteiger partial charge < -0.3 is 15.5 Å². The monoisotopic (exact) mass is 285 g/mol. The maximum absolute atomic E-state index is 13.3. The van der Waals surface area contributed by atoms with Crippen LogP contribution in [0, 0.1) is 11.6 Å². The van der Waals surface area contributed by atoms with Gasteiger partial charge >= 0.3 is 11.8 Å². The summed E-state index contributed by atoms with van der Waals surface area (Å²) >= 11 is 0. The van der Waals surface area contributed by atoms with E-state index in [9.17, 15) is 18.4 Å². The van der Waals surface area contributed by atoms with Crippen molar-refractivity contribution < 1.29 is 18.4 Å². The molecule has 5 nitrogen and oxygen atoms in total. The van der Waals surface area contributed by atoms with Crippen molar-refractivity contribution in [3.05, 3.63) is 29.8 Å². The van der Waals surface area contributed by atoms with Crippen LogP contribution in [0.1, 0.15) is 6.42 Å². The Balaban J connectivity index is 2.43. The molecule has 0 atom stereocenters. The number of nitrogens with zero attached hydrogens (tertiary/aromatic N) is 1. The van der Waals surface area contributed by atoms with E-state index in [0.717, 1.165) is 18.7 Å². The predicted octanol–water partition coefficient (Wildman–Crippen LogP) is 0.971. The first-order valence-electron chi connectivity index (χ1n) is 6.09. The second kappa shape index (κ2) is 7.54. The lowest BCUT2D eigenvalue weighted by Gasteiger charge is -2.10. The van der Waals surface area contributed by atoms with Crippen LogP contribution in [0.5, 0.6) is 0 Å². The average molecular weight is 285 g/mol. The minimum Gasteiger partial charge on any atom is -0.348 e. The van der Waals surface area contributed by atoms with Gasteiger partial charge in [0.1, 0.15) is 11.6 Å². The summed E-state index contributed by atoms with van der Waals surface area (Å²) in [6.45, 7) is 1.12. The lowest BCUT2D eigenvalue weighted by molar-refractivity contribution is -0.136. The van der Waals surface area contributed by atoms with Crippen LogP contribution in [0.15, 0.2) is 18.2 Å². The molecule has 20 heavy (non-hydrogen) atoms. The van der Waals surface area contributed by atoms with Gasteiger partial charge in [-0.15, -0.1) is 0 Å². The molecule has 1 aromatic carbocycles. The van der Waals surface area contributed by atoms with Crippen molar-refractivity contribution in [2.24, 2.45) is 0 Å². The van der Waals surface area contributed by atoms with Crippen LogP contribution in [0.4, 0.5) is 14.5 Å². The highest BCUT2D eigenvalue weighted by Gasteiger charge is 2.15. The Morgan fingerprint density at radius 3 is 2.50 bits per heavy atom. The van der Waals surface area contributed by atoms with Crippen molar-refractivity contribution in [2.75, 3.05) is 32.5 Å². The Bertz CT molecular complexity index is 493. The minimum absolute atomic E-state index is 0.236. The SMILES string of the molecule is CN(C)CCCNC(=O)C(=O)Nc1ccc(F)cc1F. The van der Waals surface area contributed by atoms with Gasteiger partial charge in [0.15, 0.2) is 0 Å². The van der Waals surface area contributed by atoms with E-state index < -0.39 is 23.4 Å². The van der Waals surface area contributed by atoms with Crippen molar-refractivity contribution in [2.45, 2.75) is 6.42 Å². The van der Waals surface area contributed by atoms with E-state index in [2.05, 4.69) is 10.6 Å². The highest BCUT2D eigenvalue weighted by Crippen LogP contribution is 2.14. The Hall–Kier alpha value is -2.02. The van der Waals surface area contributed by atoms with Crippen molar-refractivity contribution in [3.8, 4) is 0 Å². The van der Waals surface area contributed by atoms with E-state index in [4.69, 9.17) is 0 Å². The zero-order valence-corrected chi connectivity index (χ0v) is 11.4. The van der Waals surface area contributed by atoms with E-state index in [1.165, 1.54) is 0 Å². The number of rotatable bonds is 5. The summed E-state index contributed by atoms with van der Waals surface area (Å²) < 4.78 is 26.0. The first kappa shape index (κ1) is 16.0. The molecule has 0 radical (unpaired) electrons. The maximum atomic E-state index is 13.3. The van der Waals surface area contributed by atoms with E-state index in [0.29, 0.717) is 19.0 Å². The maximum Gasteiger partial charge on any atom is 0.313 e. The molecule has 0 saturated carbocycles. The van der Waals surface area contributed by atoms with E-state index in [-0.39, 0.29) is 5.69 Å². The number of hydrogen-bond acceptors (Lipinski definition) is 3. The molecule has 0 aliphatic heterocycles. The topological polar surface area (TPSA) is 61.4 Å². The molecule has 0 unspecified atom stereocenters. The fourth-order valence-corrected chi connectivity index (χ4v) is 1.45. The summed E-state index contributed by atoms with van der Waals surface area (Å²) in [6.07, 6.45) is 0.691. The zero-order chi connectivity index (χ0) is 15.1. The summed E-state index contributed by atoms with van der Waals surface area (Å²) in [4.78, 5) is 24.9. The van der Waals surface area contributed by atoms with E-state index in [1.54, 1.807) is 0 Å². The molecule has 0 heterocycles. The van der Waals surface area contributed by atoms with Crippen LogP contribution in [0.3, 0.4) is 0 Å². The second-order valence-corrected chi connectivity index (χ2v) is 4.49. The molecular formula is C13H17F2N3O2. The molecule has 1 aromatic rings. The van der Waals surface area contributed by atoms with Crippen LogP contribution < -0.4 is 10.6 Å². The van der Waals surface area contributed by atoms with Gasteiger partial charge in [-0.2, -0.15) is 0 Å². The summed E-state index contributed by atoms with van der Waals surface area (Å²) in [5.41, 5.74) is -0.236. The number of nitrogens with one attached hydrogen (secondary N) is 2. The molecule has 0 aliphatic rings. The Labute approximate surface area is 115 Å². The summed E-state index contributed by atoms with van der Waals surface area (Å²) in [5.74, 6) is -3.53. The van der Waals surface area contributed by atoms with Crippen molar-refractivity contribution in [1.82, 2.24) is 10.2 Å². The summed E-state index contributed by atoms with van der Waals surface area (Å²) in [6, 6.07) is 2.68. The van der Waals surface area contributed by atoms with Gasteiger partial charge in [-0.05, 0) is 39.2 Å². The van der Waals surface area contributed by atoms with Crippen LogP contribution in [0.25, 0.3) is 0 Å². The summed E-state index contributed by atoms with van der Waals surface area (Å²) in [5, 5.41) is 4.50. The smallest absolute Gasteiger partial charge is 0.313 e. The molecule has 2 amide bonds. The van der Waals surface area contributed by atoms with Crippen LogP contribution >= 0.6 is 0 Å². The molecule has 0 aliphatic carbocycles. The number of carbonyl (C=O) groups is 2. The second-order valence-electron chi connectivity index (χ2n) is 4.49. The summed E-state index contributed by atoms with van der Waals surface area (Å²) in [7, 11) is 3.79. The number of halogens is 2. The average Bonchev–Trinajstić information content (AvgIpc) is 2.37. The number of hydrogen-bond donors (Lipinski definition) is 2. The fourth-order valence-electron chi connectivity index (χ4n) is 1.45. The molecular weight excluding hydrogens is 268 g/mol. The molecule has 7 heteroatoms. The third kappa shape index (κ3) is 5.31. The van der Waals surface area contributed by atoms with Gasteiger partial charge in [0.05, 0.1) is 5.69 Å². The predicted molar refractivity (Wildman–Crippen MR) is 71.2 cm³/mol. The minimum atomic E-state index is -0.986. The Morgan fingerprint density at radius 2 is 1.90 bits per heavy atom. The van der Waals surface area contributed by atoms with Crippen LogP contribution in [0.2, 0.25) is 0 Å². The number of carbonyl (C=O) groups excluding carboxylic acids is 2. The van der Waals surface area contributed by atoms with Gasteiger partial charge in [-0.25, -0.2) is 8.78 Å². The number of anilines is 1. The molecule has 1 rings (SSSR count). The molecule has 0 saturated heterocycles. The lowest BCUT2D eigenvalue weighted by atomic mass is 10.3. The molecule has 0 bridgehead atoms. The van der Waals surface area contributed by atoms with Crippen LogP contribution in [-0.2, 0) is 9.59 Å². The highest BCUT2D eigenvalue weighted by molar-refractivity contribution is 6.39. The Kier molecular flexibility index (Phi) is 6.05. The van der Waals surface area contributed by atoms with Crippen LogP contribution in [-0.4, -0.2) is 43.9 Å². The normalized spacial score (nSPS) is 10.4. The third-order valence-corrected chi connectivity index (χ3v) is 2.45.